The van der Waals surface area contributed by atoms with Crippen LogP contribution < -0.4 is 5.32 Å². The van der Waals surface area contributed by atoms with E-state index in [4.69, 9.17) is 0 Å². The lowest BCUT2D eigenvalue weighted by Crippen LogP contribution is -2.21. The van der Waals surface area contributed by atoms with E-state index in [1.807, 2.05) is 6.07 Å². The monoisotopic (exact) mass is 333 g/mol. The molecule has 1 aliphatic rings. The minimum absolute atomic E-state index is 0.0827. The molecule has 1 heterocycles. The minimum Gasteiger partial charge on any atom is -0.504 e. The molecule has 1 atom stereocenters. The van der Waals surface area contributed by atoms with Gasteiger partial charge in [-0.05, 0) is 53.9 Å². The fourth-order valence-corrected chi connectivity index (χ4v) is 3.69. The Balaban J connectivity index is 2.13. The lowest BCUT2D eigenvalue weighted by atomic mass is 9.88. The molecule has 3 N–H and O–H groups in total. The minimum atomic E-state index is -3.28. The molecule has 0 spiro atoms. The van der Waals surface area contributed by atoms with Crippen molar-refractivity contribution in [3.05, 3.63) is 53.1 Å². The van der Waals surface area contributed by atoms with Crippen molar-refractivity contribution in [3.8, 4) is 11.5 Å². The van der Waals surface area contributed by atoms with Crippen LogP contribution in [0.4, 0.5) is 0 Å². The maximum Gasteiger partial charge on any atom is 0.175 e. The number of sulfone groups is 1. The highest BCUT2D eigenvalue weighted by molar-refractivity contribution is 7.90. The molecule has 0 amide bonds. The Labute approximate surface area is 135 Å². The first kappa shape index (κ1) is 15.8. The third-order valence-electron chi connectivity index (χ3n) is 4.22. The number of aromatic hydroxyl groups is 2. The van der Waals surface area contributed by atoms with Crippen molar-refractivity contribution in [1.29, 1.82) is 0 Å². The van der Waals surface area contributed by atoms with Crippen molar-refractivity contribution in [2.45, 2.75) is 17.2 Å². The summed E-state index contributed by atoms with van der Waals surface area (Å²) in [6, 6.07) is 10.1. The van der Waals surface area contributed by atoms with E-state index in [1.165, 1.54) is 6.26 Å². The quantitative estimate of drug-likeness (QED) is 0.729. The fraction of sp³-hybridized carbons (Fsp3) is 0.294. The highest BCUT2D eigenvalue weighted by Gasteiger charge is 2.23. The molecule has 122 valence electrons. The molecule has 6 heteroatoms. The van der Waals surface area contributed by atoms with Crippen molar-refractivity contribution in [2.75, 3.05) is 19.3 Å². The fourth-order valence-electron chi connectivity index (χ4n) is 3.02. The van der Waals surface area contributed by atoms with Gasteiger partial charge in [-0.15, -0.1) is 0 Å². The van der Waals surface area contributed by atoms with Gasteiger partial charge in [-0.2, -0.15) is 0 Å². The van der Waals surface area contributed by atoms with Crippen molar-refractivity contribution in [2.24, 2.45) is 0 Å². The predicted octanol–water partition coefficient (Wildman–Crippen LogP) is 1.78. The van der Waals surface area contributed by atoms with E-state index in [-0.39, 0.29) is 22.3 Å². The first-order chi connectivity index (χ1) is 10.9. The molecule has 1 aliphatic heterocycles. The molecule has 0 saturated heterocycles. The number of hydrogen-bond acceptors (Lipinski definition) is 5. The van der Waals surface area contributed by atoms with Gasteiger partial charge in [0.2, 0.25) is 0 Å². The Bertz CT molecular complexity index is 846. The molecule has 0 fully saturated rings. The van der Waals surface area contributed by atoms with Crippen LogP contribution in [0, 0.1) is 0 Å². The Morgan fingerprint density at radius 3 is 2.61 bits per heavy atom. The molecule has 0 aromatic heterocycles. The lowest BCUT2D eigenvalue weighted by Gasteiger charge is -2.19. The smallest absolute Gasteiger partial charge is 0.175 e. The average Bonchev–Trinajstić information content (AvgIpc) is 2.69. The van der Waals surface area contributed by atoms with Crippen molar-refractivity contribution < 1.29 is 18.6 Å². The third kappa shape index (κ3) is 3.18. The molecule has 0 aliphatic carbocycles. The number of fused-ring (bicyclic) bond motifs is 1. The van der Waals surface area contributed by atoms with Crippen molar-refractivity contribution in [1.82, 2.24) is 5.32 Å². The second-order valence-electron chi connectivity index (χ2n) is 5.89. The van der Waals surface area contributed by atoms with Crippen LogP contribution in [0.5, 0.6) is 11.5 Å². The van der Waals surface area contributed by atoms with Gasteiger partial charge in [-0.1, -0.05) is 12.1 Å². The lowest BCUT2D eigenvalue weighted by molar-refractivity contribution is 0.402. The molecule has 23 heavy (non-hydrogen) atoms. The Kier molecular flexibility index (Phi) is 4.04. The van der Waals surface area contributed by atoms with Gasteiger partial charge in [-0.25, -0.2) is 8.42 Å². The predicted molar refractivity (Wildman–Crippen MR) is 87.7 cm³/mol. The van der Waals surface area contributed by atoms with Crippen LogP contribution in [-0.2, 0) is 16.3 Å². The van der Waals surface area contributed by atoms with Crippen molar-refractivity contribution >= 4 is 9.84 Å². The Morgan fingerprint density at radius 1 is 1.13 bits per heavy atom. The normalized spacial score (nSPS) is 18.2. The summed E-state index contributed by atoms with van der Waals surface area (Å²) >= 11 is 0. The number of hydrogen-bond donors (Lipinski definition) is 3. The van der Waals surface area contributed by atoms with E-state index in [9.17, 15) is 18.6 Å². The van der Waals surface area contributed by atoms with Crippen molar-refractivity contribution in [3.63, 3.8) is 0 Å². The molecular formula is C17H19NO4S. The van der Waals surface area contributed by atoms with E-state index in [2.05, 4.69) is 5.32 Å². The SMILES string of the molecule is CS(=O)(=O)c1cccc(C2CNCCc3cc(O)c(O)cc32)c1. The van der Waals surface area contributed by atoms with E-state index < -0.39 is 9.84 Å². The second kappa shape index (κ2) is 5.86. The van der Waals surface area contributed by atoms with E-state index in [0.29, 0.717) is 6.54 Å². The van der Waals surface area contributed by atoms with Gasteiger partial charge >= 0.3 is 0 Å². The number of benzene rings is 2. The largest absolute Gasteiger partial charge is 0.504 e. The topological polar surface area (TPSA) is 86.6 Å². The summed E-state index contributed by atoms with van der Waals surface area (Å²) in [6.45, 7) is 1.41. The Morgan fingerprint density at radius 2 is 1.87 bits per heavy atom. The summed E-state index contributed by atoms with van der Waals surface area (Å²) in [5.74, 6) is -0.370. The van der Waals surface area contributed by atoms with E-state index in [1.54, 1.807) is 30.3 Å². The summed E-state index contributed by atoms with van der Waals surface area (Å²) in [7, 11) is -3.28. The molecule has 0 saturated carbocycles. The van der Waals surface area contributed by atoms with Crippen LogP contribution in [0.3, 0.4) is 0 Å². The molecular weight excluding hydrogens is 314 g/mol. The van der Waals surface area contributed by atoms with Gasteiger partial charge in [-0.3, -0.25) is 0 Å². The number of phenols is 2. The van der Waals surface area contributed by atoms with Gasteiger partial charge in [0.1, 0.15) is 0 Å². The zero-order valence-corrected chi connectivity index (χ0v) is 13.6. The maximum absolute atomic E-state index is 11.8. The first-order valence-electron chi connectivity index (χ1n) is 7.42. The molecule has 5 nitrogen and oxygen atoms in total. The standard InChI is InChI=1S/C17H19NO4S/c1-23(21,22)13-4-2-3-11(7-13)15-10-18-6-5-12-8-16(19)17(20)9-14(12)15/h2-4,7-9,15,18-20H,5-6,10H2,1H3. The van der Waals surface area contributed by atoms with E-state index in [0.717, 1.165) is 29.7 Å². The van der Waals surface area contributed by atoms with Gasteiger partial charge in [0.25, 0.3) is 0 Å². The van der Waals surface area contributed by atoms with Gasteiger partial charge in [0, 0.05) is 18.7 Å². The maximum atomic E-state index is 11.8. The molecule has 1 unspecified atom stereocenters. The van der Waals surface area contributed by atoms with Gasteiger partial charge in [0.15, 0.2) is 21.3 Å². The molecule has 2 aromatic carbocycles. The first-order valence-corrected chi connectivity index (χ1v) is 9.31. The third-order valence-corrected chi connectivity index (χ3v) is 5.33. The van der Waals surface area contributed by atoms with E-state index >= 15 is 0 Å². The molecule has 2 aromatic rings. The number of rotatable bonds is 2. The summed E-state index contributed by atoms with van der Waals surface area (Å²) in [5, 5.41) is 22.9. The zero-order chi connectivity index (χ0) is 16.6. The van der Waals surface area contributed by atoms with Crippen LogP contribution in [0.1, 0.15) is 22.6 Å². The van der Waals surface area contributed by atoms with Crippen LogP contribution in [-0.4, -0.2) is 38.0 Å². The van der Waals surface area contributed by atoms with Gasteiger partial charge in [0.05, 0.1) is 4.90 Å². The number of nitrogens with one attached hydrogen (secondary N) is 1. The highest BCUT2D eigenvalue weighted by atomic mass is 32.2. The molecule has 3 rings (SSSR count). The molecule has 0 bridgehead atoms. The van der Waals surface area contributed by atoms with Crippen LogP contribution in [0.15, 0.2) is 41.3 Å². The summed E-state index contributed by atoms with van der Waals surface area (Å²) in [6.07, 6.45) is 1.93. The summed E-state index contributed by atoms with van der Waals surface area (Å²) in [4.78, 5) is 0.281. The zero-order valence-electron chi connectivity index (χ0n) is 12.8. The van der Waals surface area contributed by atoms with Crippen LogP contribution >= 0.6 is 0 Å². The van der Waals surface area contributed by atoms with Crippen LogP contribution in [0.2, 0.25) is 0 Å². The van der Waals surface area contributed by atoms with Gasteiger partial charge < -0.3 is 15.5 Å². The van der Waals surface area contributed by atoms with Crippen LogP contribution in [0.25, 0.3) is 0 Å². The Hall–Kier alpha value is -2.05. The summed E-state index contributed by atoms with van der Waals surface area (Å²) < 4.78 is 23.6. The number of phenolic OH excluding ortho intramolecular Hbond substituents is 2. The average molecular weight is 333 g/mol. The highest BCUT2D eigenvalue weighted by Crippen LogP contribution is 2.36. The second-order valence-corrected chi connectivity index (χ2v) is 7.91. The summed E-state index contributed by atoms with van der Waals surface area (Å²) in [5.41, 5.74) is 2.74. The molecule has 0 radical (unpaired) electrons.